The number of thiophene rings is 1. The third-order valence-corrected chi connectivity index (χ3v) is 3.94. The lowest BCUT2D eigenvalue weighted by molar-refractivity contribution is -0.115. The Bertz CT molecular complexity index is 731. The number of rotatable bonds is 4. The molecule has 102 valence electrons. The van der Waals surface area contributed by atoms with Gasteiger partial charge in [-0.2, -0.15) is 0 Å². The van der Waals surface area contributed by atoms with Crippen LogP contribution in [0.5, 0.6) is 0 Å². The van der Waals surface area contributed by atoms with E-state index in [2.05, 4.69) is 22.2 Å². The molecule has 0 aliphatic rings. The van der Waals surface area contributed by atoms with E-state index >= 15 is 0 Å². The van der Waals surface area contributed by atoms with Crippen LogP contribution < -0.4 is 5.32 Å². The van der Waals surface area contributed by atoms with Crippen LogP contribution in [0.1, 0.15) is 17.6 Å². The minimum Gasteiger partial charge on any atom is -0.342 e. The standard InChI is InChI=1S/C15H15N3OS/c1-2-14-17-12-6-5-10(8-13(12)18-14)16-15(19)9-11-4-3-7-20-11/h3-8H,2,9H2,1H3,(H,16,19)(H,17,18). The van der Waals surface area contributed by atoms with Gasteiger partial charge in [0.05, 0.1) is 17.5 Å². The van der Waals surface area contributed by atoms with Crippen molar-refractivity contribution in [2.45, 2.75) is 19.8 Å². The number of aryl methyl sites for hydroxylation is 1. The van der Waals surface area contributed by atoms with Gasteiger partial charge in [-0.1, -0.05) is 13.0 Å². The first kappa shape index (κ1) is 12.9. The molecule has 0 unspecified atom stereocenters. The van der Waals surface area contributed by atoms with Crippen LogP contribution in [0.2, 0.25) is 0 Å². The summed E-state index contributed by atoms with van der Waals surface area (Å²) in [4.78, 5) is 20.7. The number of carbonyl (C=O) groups is 1. The predicted octanol–water partition coefficient (Wildman–Crippen LogP) is 3.37. The van der Waals surface area contributed by atoms with Gasteiger partial charge in [0.25, 0.3) is 0 Å². The Kier molecular flexibility index (Phi) is 3.52. The molecule has 0 aliphatic carbocycles. The number of carbonyl (C=O) groups excluding carboxylic acids is 1. The number of aromatic amines is 1. The molecular weight excluding hydrogens is 270 g/mol. The average molecular weight is 285 g/mol. The van der Waals surface area contributed by atoms with Crippen molar-refractivity contribution in [2.75, 3.05) is 5.32 Å². The Morgan fingerprint density at radius 3 is 3.05 bits per heavy atom. The minimum absolute atomic E-state index is 0.00188. The highest BCUT2D eigenvalue weighted by Crippen LogP contribution is 2.18. The molecule has 0 radical (unpaired) electrons. The highest BCUT2D eigenvalue weighted by Gasteiger charge is 2.07. The summed E-state index contributed by atoms with van der Waals surface area (Å²) < 4.78 is 0. The maximum atomic E-state index is 11.9. The van der Waals surface area contributed by atoms with Gasteiger partial charge < -0.3 is 10.3 Å². The van der Waals surface area contributed by atoms with Crippen LogP contribution in [-0.2, 0) is 17.6 Å². The maximum absolute atomic E-state index is 11.9. The van der Waals surface area contributed by atoms with Gasteiger partial charge >= 0.3 is 0 Å². The molecule has 0 spiro atoms. The lowest BCUT2D eigenvalue weighted by Crippen LogP contribution is -2.13. The lowest BCUT2D eigenvalue weighted by atomic mass is 10.2. The first-order valence-corrected chi connectivity index (χ1v) is 7.43. The molecule has 2 heterocycles. The summed E-state index contributed by atoms with van der Waals surface area (Å²) in [7, 11) is 0. The van der Waals surface area contributed by atoms with E-state index in [1.807, 2.05) is 35.7 Å². The van der Waals surface area contributed by atoms with Gasteiger partial charge in [-0.25, -0.2) is 4.98 Å². The quantitative estimate of drug-likeness (QED) is 0.772. The van der Waals surface area contributed by atoms with Crippen molar-refractivity contribution >= 4 is 34.0 Å². The molecule has 0 bridgehead atoms. The number of nitrogens with one attached hydrogen (secondary N) is 2. The molecular formula is C15H15N3OS. The number of anilines is 1. The van der Waals surface area contributed by atoms with Crippen LogP contribution in [0.3, 0.4) is 0 Å². The SMILES string of the molecule is CCc1nc2ccc(NC(=O)Cc3cccs3)cc2[nH]1. The third kappa shape index (κ3) is 2.72. The van der Waals surface area contributed by atoms with Gasteiger partial charge in [-0.3, -0.25) is 4.79 Å². The molecule has 0 fully saturated rings. The summed E-state index contributed by atoms with van der Waals surface area (Å²) in [5, 5.41) is 4.90. The number of hydrogen-bond acceptors (Lipinski definition) is 3. The molecule has 5 heteroatoms. The van der Waals surface area contributed by atoms with Crippen LogP contribution in [0.4, 0.5) is 5.69 Å². The first-order valence-electron chi connectivity index (χ1n) is 6.55. The third-order valence-electron chi connectivity index (χ3n) is 3.06. The number of benzene rings is 1. The highest BCUT2D eigenvalue weighted by atomic mass is 32.1. The summed E-state index contributed by atoms with van der Waals surface area (Å²) in [6, 6.07) is 9.65. The molecule has 0 saturated carbocycles. The number of amides is 1. The largest absolute Gasteiger partial charge is 0.342 e. The van der Waals surface area contributed by atoms with E-state index in [4.69, 9.17) is 0 Å². The molecule has 3 rings (SSSR count). The van der Waals surface area contributed by atoms with Gasteiger partial charge in [-0.05, 0) is 29.6 Å². The molecule has 2 N–H and O–H groups in total. The molecule has 4 nitrogen and oxygen atoms in total. The Balaban J connectivity index is 1.75. The van der Waals surface area contributed by atoms with Crippen molar-refractivity contribution in [3.63, 3.8) is 0 Å². The zero-order valence-electron chi connectivity index (χ0n) is 11.1. The van der Waals surface area contributed by atoms with Crippen LogP contribution in [-0.4, -0.2) is 15.9 Å². The summed E-state index contributed by atoms with van der Waals surface area (Å²) >= 11 is 1.59. The number of fused-ring (bicyclic) bond motifs is 1. The molecule has 0 atom stereocenters. The molecule has 0 aliphatic heterocycles. The number of H-pyrrole nitrogens is 1. The topological polar surface area (TPSA) is 57.8 Å². The van der Waals surface area contributed by atoms with E-state index in [0.717, 1.165) is 33.8 Å². The number of nitrogens with zero attached hydrogens (tertiary/aromatic N) is 1. The summed E-state index contributed by atoms with van der Waals surface area (Å²) in [5.41, 5.74) is 2.68. The van der Waals surface area contributed by atoms with Crippen molar-refractivity contribution in [1.82, 2.24) is 9.97 Å². The normalized spacial score (nSPS) is 10.8. The molecule has 3 aromatic rings. The zero-order valence-corrected chi connectivity index (χ0v) is 12.0. The molecule has 1 aromatic carbocycles. The van der Waals surface area contributed by atoms with E-state index in [0.29, 0.717) is 6.42 Å². The van der Waals surface area contributed by atoms with E-state index in [1.54, 1.807) is 11.3 Å². The first-order chi connectivity index (χ1) is 9.74. The number of aromatic nitrogens is 2. The van der Waals surface area contributed by atoms with Gasteiger partial charge in [-0.15, -0.1) is 11.3 Å². The van der Waals surface area contributed by atoms with Gasteiger partial charge in [0.1, 0.15) is 5.82 Å². The van der Waals surface area contributed by atoms with Crippen LogP contribution >= 0.6 is 11.3 Å². The van der Waals surface area contributed by atoms with Crippen molar-refractivity contribution in [1.29, 1.82) is 0 Å². The minimum atomic E-state index is 0.00188. The average Bonchev–Trinajstić information content (AvgIpc) is 3.06. The fourth-order valence-corrected chi connectivity index (χ4v) is 2.79. The van der Waals surface area contributed by atoms with Crippen molar-refractivity contribution in [3.8, 4) is 0 Å². The smallest absolute Gasteiger partial charge is 0.229 e. The Labute approximate surface area is 120 Å². The monoisotopic (exact) mass is 285 g/mol. The second kappa shape index (κ2) is 5.46. The summed E-state index contributed by atoms with van der Waals surface area (Å²) in [6.45, 7) is 2.06. The molecule has 2 aromatic heterocycles. The van der Waals surface area contributed by atoms with Crippen LogP contribution in [0.25, 0.3) is 11.0 Å². The van der Waals surface area contributed by atoms with Crippen molar-refractivity contribution in [3.05, 3.63) is 46.4 Å². The second-order valence-electron chi connectivity index (χ2n) is 4.57. The number of imidazole rings is 1. The Hall–Kier alpha value is -2.14. The zero-order chi connectivity index (χ0) is 13.9. The van der Waals surface area contributed by atoms with E-state index < -0.39 is 0 Å². The second-order valence-corrected chi connectivity index (χ2v) is 5.61. The summed E-state index contributed by atoms with van der Waals surface area (Å²) in [6.07, 6.45) is 1.29. The van der Waals surface area contributed by atoms with Crippen molar-refractivity contribution in [2.24, 2.45) is 0 Å². The molecule has 1 amide bonds. The van der Waals surface area contributed by atoms with Gasteiger partial charge in [0, 0.05) is 17.0 Å². The molecule has 0 saturated heterocycles. The van der Waals surface area contributed by atoms with Gasteiger partial charge in [0.15, 0.2) is 0 Å². The Morgan fingerprint density at radius 2 is 2.30 bits per heavy atom. The van der Waals surface area contributed by atoms with Crippen LogP contribution in [0, 0.1) is 0 Å². The Morgan fingerprint density at radius 1 is 1.40 bits per heavy atom. The highest BCUT2D eigenvalue weighted by molar-refractivity contribution is 7.10. The van der Waals surface area contributed by atoms with E-state index in [-0.39, 0.29) is 5.91 Å². The fraction of sp³-hybridized carbons (Fsp3) is 0.200. The fourth-order valence-electron chi connectivity index (χ4n) is 2.08. The summed E-state index contributed by atoms with van der Waals surface area (Å²) in [5.74, 6) is 0.962. The van der Waals surface area contributed by atoms with Crippen LogP contribution in [0.15, 0.2) is 35.7 Å². The number of hydrogen-bond donors (Lipinski definition) is 2. The molecule has 20 heavy (non-hydrogen) atoms. The van der Waals surface area contributed by atoms with Gasteiger partial charge in [0.2, 0.25) is 5.91 Å². The van der Waals surface area contributed by atoms with E-state index in [9.17, 15) is 4.79 Å². The van der Waals surface area contributed by atoms with Crippen molar-refractivity contribution < 1.29 is 4.79 Å². The predicted molar refractivity (Wildman–Crippen MR) is 82.1 cm³/mol. The lowest BCUT2D eigenvalue weighted by Gasteiger charge is -2.04. The van der Waals surface area contributed by atoms with E-state index in [1.165, 1.54) is 0 Å². The maximum Gasteiger partial charge on any atom is 0.229 e.